The van der Waals surface area contributed by atoms with Gasteiger partial charge in [0.1, 0.15) is 0 Å². The molecule has 0 aliphatic rings. The number of para-hydroxylation sites is 2. The highest BCUT2D eigenvalue weighted by Crippen LogP contribution is 2.16. The Bertz CT molecular complexity index is 980. The quantitative estimate of drug-likeness (QED) is 0.268. The fourth-order valence-electron chi connectivity index (χ4n) is 2.37. The van der Waals surface area contributed by atoms with E-state index in [9.17, 15) is 9.59 Å². The number of carboxylic acid groups (broad SMARTS) is 1. The first kappa shape index (κ1) is 17.7. The summed E-state index contributed by atoms with van der Waals surface area (Å²) in [7, 11) is 1.94. The highest BCUT2D eigenvalue weighted by molar-refractivity contribution is 7.99. The number of carbonyl (C=O) groups excluding carboxylic acids is 1. The van der Waals surface area contributed by atoms with Crippen LogP contribution in [0.1, 0.15) is 15.9 Å². The minimum atomic E-state index is -0.982. The second kappa shape index (κ2) is 7.83. The SMILES string of the molecule is C[n+]1c(SCC(=O)NN=Cc2ccc(C(=O)O)cc2)[nH]c2ccccc21. The second-order valence-corrected chi connectivity index (χ2v) is 6.48. The van der Waals surface area contributed by atoms with Gasteiger partial charge in [0, 0.05) is 0 Å². The van der Waals surface area contributed by atoms with Crippen molar-refractivity contribution in [1.29, 1.82) is 0 Å². The number of hydrogen-bond acceptors (Lipinski definition) is 4. The molecule has 0 saturated carbocycles. The van der Waals surface area contributed by atoms with Gasteiger partial charge in [-0.3, -0.25) is 4.79 Å². The lowest BCUT2D eigenvalue weighted by Gasteiger charge is -1.98. The number of hydrogen-bond donors (Lipinski definition) is 3. The molecule has 3 rings (SSSR count). The summed E-state index contributed by atoms with van der Waals surface area (Å²) in [5.74, 6) is -0.994. The Kier molecular flexibility index (Phi) is 5.33. The Labute approximate surface area is 153 Å². The van der Waals surface area contributed by atoms with Gasteiger partial charge in [-0.15, -0.1) is 0 Å². The lowest BCUT2D eigenvalue weighted by atomic mass is 10.1. The molecule has 1 heterocycles. The lowest BCUT2D eigenvalue weighted by molar-refractivity contribution is -0.683. The van der Waals surface area contributed by atoms with Crippen LogP contribution in [0.3, 0.4) is 0 Å². The Balaban J connectivity index is 1.53. The van der Waals surface area contributed by atoms with Crippen molar-refractivity contribution in [3.05, 3.63) is 59.7 Å². The zero-order chi connectivity index (χ0) is 18.5. The summed E-state index contributed by atoms with van der Waals surface area (Å²) in [5.41, 5.74) is 5.45. The number of imidazole rings is 1. The summed E-state index contributed by atoms with van der Waals surface area (Å²) in [6, 6.07) is 14.1. The fraction of sp³-hybridized carbons (Fsp3) is 0.111. The lowest BCUT2D eigenvalue weighted by Crippen LogP contribution is -2.30. The van der Waals surface area contributed by atoms with Crippen LogP contribution in [0.4, 0.5) is 0 Å². The van der Waals surface area contributed by atoms with E-state index in [2.05, 4.69) is 15.5 Å². The molecule has 26 heavy (non-hydrogen) atoms. The van der Waals surface area contributed by atoms with Crippen molar-refractivity contribution in [2.75, 3.05) is 5.75 Å². The van der Waals surface area contributed by atoms with E-state index in [4.69, 9.17) is 5.11 Å². The molecule has 7 nitrogen and oxygen atoms in total. The minimum absolute atomic E-state index is 0.203. The molecule has 8 heteroatoms. The smallest absolute Gasteiger partial charge is 0.335 e. The third kappa shape index (κ3) is 4.09. The third-order valence-corrected chi connectivity index (χ3v) is 4.77. The monoisotopic (exact) mass is 369 g/mol. The number of benzene rings is 2. The number of aromatic carboxylic acids is 1. The maximum Gasteiger partial charge on any atom is 0.335 e. The number of thioether (sulfide) groups is 1. The number of aryl methyl sites for hydroxylation is 1. The van der Waals surface area contributed by atoms with Crippen molar-refractivity contribution in [3.8, 4) is 0 Å². The van der Waals surface area contributed by atoms with Crippen molar-refractivity contribution in [1.82, 2.24) is 10.4 Å². The number of hydrazone groups is 1. The number of fused-ring (bicyclic) bond motifs is 1. The van der Waals surface area contributed by atoms with Crippen molar-refractivity contribution in [3.63, 3.8) is 0 Å². The zero-order valence-corrected chi connectivity index (χ0v) is 14.8. The van der Waals surface area contributed by atoms with E-state index in [1.54, 1.807) is 12.1 Å². The highest BCUT2D eigenvalue weighted by atomic mass is 32.2. The number of carboxylic acids is 1. The number of nitrogens with one attached hydrogen (secondary N) is 2. The number of carbonyl (C=O) groups is 2. The van der Waals surface area contributed by atoms with E-state index in [0.29, 0.717) is 5.56 Å². The predicted octanol–water partition coefficient (Wildman–Crippen LogP) is 1.93. The molecular formula is C18H17N4O3S+. The summed E-state index contributed by atoms with van der Waals surface area (Å²) in [4.78, 5) is 26.0. The third-order valence-electron chi connectivity index (χ3n) is 3.71. The molecule has 0 aliphatic carbocycles. The van der Waals surface area contributed by atoms with Gasteiger partial charge in [-0.05, 0) is 41.6 Å². The molecule has 2 aromatic carbocycles. The maximum atomic E-state index is 11.9. The molecule has 0 saturated heterocycles. The molecule has 0 bridgehead atoms. The Morgan fingerprint density at radius 2 is 1.96 bits per heavy atom. The summed E-state index contributed by atoms with van der Waals surface area (Å²) >= 11 is 1.39. The van der Waals surface area contributed by atoms with E-state index >= 15 is 0 Å². The van der Waals surface area contributed by atoms with Crippen LogP contribution in [0, 0.1) is 0 Å². The molecule has 3 aromatic rings. The molecule has 0 spiro atoms. The van der Waals surface area contributed by atoms with Gasteiger partial charge < -0.3 is 5.11 Å². The first-order valence-electron chi connectivity index (χ1n) is 7.79. The number of H-pyrrole nitrogens is 1. The molecule has 0 atom stereocenters. The molecular weight excluding hydrogens is 352 g/mol. The van der Waals surface area contributed by atoms with Crippen molar-refractivity contribution in [2.24, 2.45) is 12.1 Å². The number of aromatic nitrogens is 2. The van der Waals surface area contributed by atoms with Gasteiger partial charge in [-0.25, -0.2) is 19.8 Å². The van der Waals surface area contributed by atoms with Crippen molar-refractivity contribution >= 4 is 40.9 Å². The van der Waals surface area contributed by atoms with E-state index in [1.807, 2.05) is 35.9 Å². The highest BCUT2D eigenvalue weighted by Gasteiger charge is 2.16. The molecule has 0 radical (unpaired) electrons. The van der Waals surface area contributed by atoms with Gasteiger partial charge in [-0.2, -0.15) is 5.10 Å². The van der Waals surface area contributed by atoms with Gasteiger partial charge >= 0.3 is 11.1 Å². The van der Waals surface area contributed by atoms with Crippen LogP contribution in [-0.2, 0) is 11.8 Å². The Morgan fingerprint density at radius 3 is 2.65 bits per heavy atom. The predicted molar refractivity (Wildman–Crippen MR) is 99.3 cm³/mol. The van der Waals surface area contributed by atoms with E-state index in [0.717, 1.165) is 16.2 Å². The minimum Gasteiger partial charge on any atom is -0.478 e. The largest absolute Gasteiger partial charge is 0.478 e. The number of rotatable bonds is 6. The summed E-state index contributed by atoms with van der Waals surface area (Å²) in [6.45, 7) is 0. The van der Waals surface area contributed by atoms with Crippen LogP contribution in [0.2, 0.25) is 0 Å². The molecule has 1 amide bonds. The van der Waals surface area contributed by atoms with Crippen molar-refractivity contribution in [2.45, 2.75) is 5.16 Å². The molecule has 1 aromatic heterocycles. The van der Waals surface area contributed by atoms with Crippen LogP contribution in [0.25, 0.3) is 11.0 Å². The van der Waals surface area contributed by atoms with Gasteiger partial charge in [0.2, 0.25) is 0 Å². The van der Waals surface area contributed by atoms with Crippen LogP contribution < -0.4 is 9.99 Å². The molecule has 0 aliphatic heterocycles. The Hall–Kier alpha value is -3.13. The van der Waals surface area contributed by atoms with Crippen LogP contribution >= 0.6 is 11.8 Å². The van der Waals surface area contributed by atoms with Gasteiger partial charge in [0.25, 0.3) is 5.91 Å². The Morgan fingerprint density at radius 1 is 1.23 bits per heavy atom. The second-order valence-electron chi connectivity index (χ2n) is 5.52. The summed E-state index contributed by atoms with van der Waals surface area (Å²) in [5, 5.41) is 13.6. The normalized spacial score (nSPS) is 11.1. The first-order valence-corrected chi connectivity index (χ1v) is 8.78. The first-order chi connectivity index (χ1) is 12.5. The summed E-state index contributed by atoms with van der Waals surface area (Å²) < 4.78 is 2.00. The zero-order valence-electron chi connectivity index (χ0n) is 14.0. The van der Waals surface area contributed by atoms with Crippen molar-refractivity contribution < 1.29 is 19.3 Å². The van der Waals surface area contributed by atoms with Gasteiger partial charge in [0.05, 0.1) is 24.6 Å². The van der Waals surface area contributed by atoms with Gasteiger partial charge in [0.15, 0.2) is 11.0 Å². The van der Waals surface area contributed by atoms with Crippen LogP contribution in [0.5, 0.6) is 0 Å². The average molecular weight is 369 g/mol. The van der Waals surface area contributed by atoms with E-state index < -0.39 is 5.97 Å². The molecule has 3 N–H and O–H groups in total. The topological polar surface area (TPSA) is 98.4 Å². The summed E-state index contributed by atoms with van der Waals surface area (Å²) in [6.07, 6.45) is 1.47. The number of aromatic amines is 1. The van der Waals surface area contributed by atoms with Crippen LogP contribution in [0.15, 0.2) is 58.8 Å². The van der Waals surface area contributed by atoms with Gasteiger partial charge in [-0.1, -0.05) is 24.3 Å². The molecule has 132 valence electrons. The fourth-order valence-corrected chi connectivity index (χ4v) is 3.18. The molecule has 0 fully saturated rings. The average Bonchev–Trinajstić information content (AvgIpc) is 2.97. The molecule has 0 unspecified atom stereocenters. The number of amides is 1. The number of nitrogens with zero attached hydrogens (tertiary/aromatic N) is 2. The van der Waals surface area contributed by atoms with E-state index in [-0.39, 0.29) is 17.2 Å². The van der Waals surface area contributed by atoms with Crippen LogP contribution in [-0.4, -0.2) is 33.9 Å². The maximum absolute atomic E-state index is 11.9. The van der Waals surface area contributed by atoms with E-state index in [1.165, 1.54) is 30.1 Å². The standard InChI is InChI=1S/C18H16N4O3S/c1-22-15-5-3-2-4-14(15)20-18(22)26-11-16(23)21-19-10-12-6-8-13(9-7-12)17(24)25/h2-10H,11H2,1H3,(H2,21,23,24,25)/p+1.